The summed E-state index contributed by atoms with van der Waals surface area (Å²) >= 11 is 10.2. The third kappa shape index (κ3) is 2.54. The molecule has 0 saturated heterocycles. The van der Waals surface area contributed by atoms with E-state index in [9.17, 15) is 4.79 Å². The van der Waals surface area contributed by atoms with Crippen molar-refractivity contribution in [1.82, 2.24) is 15.3 Å². The highest BCUT2D eigenvalue weighted by Crippen LogP contribution is 2.25. The summed E-state index contributed by atoms with van der Waals surface area (Å²) in [5, 5.41) is 3.56. The lowest BCUT2D eigenvalue weighted by molar-refractivity contribution is 0.559. The van der Waals surface area contributed by atoms with Crippen LogP contribution in [0.1, 0.15) is 20.8 Å². The minimum absolute atomic E-state index is 0.184. The van der Waals surface area contributed by atoms with Crippen molar-refractivity contribution >= 4 is 41.1 Å². The Hall–Kier alpha value is -1.67. The van der Waals surface area contributed by atoms with Crippen LogP contribution in [0.25, 0.3) is 0 Å². The van der Waals surface area contributed by atoms with Crippen molar-refractivity contribution < 1.29 is 0 Å². The molecule has 102 valence electrons. The second-order valence-corrected chi connectivity index (χ2v) is 5.74. The number of hydrogen-bond acceptors (Lipinski definition) is 4. The molecule has 2 heterocycles. The zero-order chi connectivity index (χ0) is 14.4. The summed E-state index contributed by atoms with van der Waals surface area (Å²) in [6.45, 7) is 5.85. The summed E-state index contributed by atoms with van der Waals surface area (Å²) in [7, 11) is 0. The van der Waals surface area contributed by atoms with E-state index in [2.05, 4.69) is 15.3 Å². The van der Waals surface area contributed by atoms with E-state index >= 15 is 0 Å². The smallest absolute Gasteiger partial charge is 0.278 e. The Morgan fingerprint density at radius 3 is 2.47 bits per heavy atom. The number of rotatable bonds is 1. The summed E-state index contributed by atoms with van der Waals surface area (Å²) in [6, 6.07) is 0. The van der Waals surface area contributed by atoms with Crippen LogP contribution < -0.4 is 21.5 Å². The first kappa shape index (κ1) is 13.8. The van der Waals surface area contributed by atoms with Crippen molar-refractivity contribution in [3.05, 3.63) is 26.9 Å². The van der Waals surface area contributed by atoms with Gasteiger partial charge in [0.05, 0.1) is 5.54 Å². The van der Waals surface area contributed by atoms with Crippen LogP contribution in [-0.4, -0.2) is 20.6 Å². The lowest BCUT2D eigenvalue weighted by atomic mass is 10.0. The van der Waals surface area contributed by atoms with E-state index in [1.807, 2.05) is 26.8 Å². The van der Waals surface area contributed by atoms with Crippen molar-refractivity contribution in [3.63, 3.8) is 0 Å². The van der Waals surface area contributed by atoms with Gasteiger partial charge in [0.15, 0.2) is 15.6 Å². The normalized spacial score (nSPS) is 17.9. The molecule has 19 heavy (non-hydrogen) atoms. The number of hydrogen-bond donors (Lipinski definition) is 4. The van der Waals surface area contributed by atoms with E-state index < -0.39 is 0 Å². The number of anilines is 2. The van der Waals surface area contributed by atoms with E-state index in [-0.39, 0.29) is 27.4 Å². The summed E-state index contributed by atoms with van der Waals surface area (Å²) in [6.07, 6.45) is 1.98. The molecule has 1 aliphatic rings. The summed E-state index contributed by atoms with van der Waals surface area (Å²) < 4.78 is 0.184. The number of nitrogens with zero attached hydrogens (tertiary/aromatic N) is 1. The van der Waals surface area contributed by atoms with Crippen molar-refractivity contribution in [1.29, 1.82) is 0 Å². The van der Waals surface area contributed by atoms with Crippen LogP contribution in [0.4, 0.5) is 11.5 Å². The van der Waals surface area contributed by atoms with E-state index in [0.717, 1.165) is 5.70 Å². The lowest BCUT2D eigenvalue weighted by Crippen LogP contribution is -2.54. The molecule has 6 nitrogen and oxygen atoms in total. The molecule has 0 unspecified atom stereocenters. The largest absolute Gasteiger partial charge is 0.383 e. The number of aromatic nitrogens is 2. The van der Waals surface area contributed by atoms with Crippen molar-refractivity contribution in [2.24, 2.45) is 0 Å². The SMILES string of the molecule is CC1=CC(C)(C)NC(=S)N1c1c(N)[nH]c(=S)[nH]c1=O. The Kier molecular flexibility index (Phi) is 3.23. The van der Waals surface area contributed by atoms with Crippen molar-refractivity contribution in [3.8, 4) is 0 Å². The molecule has 0 fully saturated rings. The van der Waals surface area contributed by atoms with Crippen LogP contribution in [-0.2, 0) is 0 Å². The van der Waals surface area contributed by atoms with Crippen LogP contribution in [0, 0.1) is 4.77 Å². The van der Waals surface area contributed by atoms with E-state index in [4.69, 9.17) is 30.2 Å². The van der Waals surface area contributed by atoms with Gasteiger partial charge in [-0.2, -0.15) is 0 Å². The number of H-pyrrole nitrogens is 2. The van der Waals surface area contributed by atoms with Gasteiger partial charge in [-0.25, -0.2) is 0 Å². The Bertz CT molecular complexity index is 685. The molecule has 0 aliphatic carbocycles. The first-order valence-electron chi connectivity index (χ1n) is 5.65. The molecule has 1 aliphatic heterocycles. The maximum Gasteiger partial charge on any atom is 0.278 e. The van der Waals surface area contributed by atoms with Gasteiger partial charge in [0.25, 0.3) is 5.56 Å². The lowest BCUT2D eigenvalue weighted by Gasteiger charge is -2.37. The highest BCUT2D eigenvalue weighted by Gasteiger charge is 2.30. The first-order chi connectivity index (χ1) is 8.71. The minimum Gasteiger partial charge on any atom is -0.383 e. The van der Waals surface area contributed by atoms with E-state index in [0.29, 0.717) is 5.11 Å². The van der Waals surface area contributed by atoms with Gasteiger partial charge >= 0.3 is 0 Å². The topological polar surface area (TPSA) is 89.9 Å². The predicted molar refractivity (Wildman–Crippen MR) is 82.7 cm³/mol. The van der Waals surface area contributed by atoms with Gasteiger partial charge in [-0.3, -0.25) is 14.7 Å². The predicted octanol–water partition coefficient (Wildman–Crippen LogP) is 1.39. The van der Waals surface area contributed by atoms with Gasteiger partial charge in [-0.1, -0.05) is 0 Å². The fraction of sp³-hybridized carbons (Fsp3) is 0.364. The zero-order valence-corrected chi connectivity index (χ0v) is 12.5. The van der Waals surface area contributed by atoms with Gasteiger partial charge in [0.1, 0.15) is 5.82 Å². The molecule has 0 saturated carbocycles. The number of allylic oxidation sites excluding steroid dienone is 1. The van der Waals surface area contributed by atoms with Crippen LogP contribution >= 0.6 is 24.4 Å². The Labute approximate surface area is 120 Å². The number of nitrogens with one attached hydrogen (secondary N) is 3. The molecular formula is C11H15N5OS2. The van der Waals surface area contributed by atoms with Gasteiger partial charge in [-0.05, 0) is 51.3 Å². The highest BCUT2D eigenvalue weighted by molar-refractivity contribution is 7.80. The van der Waals surface area contributed by atoms with E-state index in [1.54, 1.807) is 4.90 Å². The van der Waals surface area contributed by atoms with Crippen LogP contribution in [0.5, 0.6) is 0 Å². The average Bonchev–Trinajstić information content (AvgIpc) is 2.18. The second-order valence-electron chi connectivity index (χ2n) is 4.94. The molecule has 5 N–H and O–H groups in total. The van der Waals surface area contributed by atoms with Gasteiger partial charge < -0.3 is 16.0 Å². The molecule has 0 aromatic carbocycles. The molecular weight excluding hydrogens is 282 g/mol. The first-order valence-corrected chi connectivity index (χ1v) is 6.47. The Morgan fingerprint density at radius 2 is 1.95 bits per heavy atom. The van der Waals surface area contributed by atoms with Gasteiger partial charge in [-0.15, -0.1) is 0 Å². The summed E-state index contributed by atoms with van der Waals surface area (Å²) in [4.78, 5) is 18.9. The number of nitrogen functional groups attached to an aromatic ring is 1. The van der Waals surface area contributed by atoms with Crippen LogP contribution in [0.15, 0.2) is 16.6 Å². The van der Waals surface area contributed by atoms with Gasteiger partial charge in [0.2, 0.25) is 0 Å². The Balaban J connectivity index is 2.64. The maximum absolute atomic E-state index is 12.0. The zero-order valence-electron chi connectivity index (χ0n) is 10.8. The number of nitrogens with two attached hydrogens (primary N) is 1. The molecule has 0 amide bonds. The third-order valence-corrected chi connectivity index (χ3v) is 3.21. The minimum atomic E-state index is -0.377. The number of aromatic amines is 2. The molecule has 0 bridgehead atoms. The molecule has 1 aromatic rings. The average molecular weight is 297 g/mol. The summed E-state index contributed by atoms with van der Waals surface area (Å²) in [5.41, 5.74) is 6.28. The Morgan fingerprint density at radius 1 is 1.32 bits per heavy atom. The standard InChI is InChI=1S/C11H15N5OS2/c1-5-4-11(2,3)15-10(19)16(5)6-7(12)13-9(18)14-8(6)17/h4H,1-3H3,(H,15,19)(H4,12,13,14,17,18). The molecule has 0 spiro atoms. The van der Waals surface area contributed by atoms with Crippen LogP contribution in [0.3, 0.4) is 0 Å². The van der Waals surface area contributed by atoms with Crippen LogP contribution in [0.2, 0.25) is 0 Å². The molecule has 8 heteroatoms. The monoisotopic (exact) mass is 297 g/mol. The maximum atomic E-state index is 12.0. The third-order valence-electron chi connectivity index (χ3n) is 2.72. The molecule has 0 atom stereocenters. The van der Waals surface area contributed by atoms with E-state index in [1.165, 1.54) is 0 Å². The van der Waals surface area contributed by atoms with Crippen molar-refractivity contribution in [2.45, 2.75) is 26.3 Å². The highest BCUT2D eigenvalue weighted by atomic mass is 32.1. The number of thiocarbonyl (C=S) groups is 1. The molecule has 0 radical (unpaired) electrons. The summed E-state index contributed by atoms with van der Waals surface area (Å²) in [5.74, 6) is 0.186. The fourth-order valence-electron chi connectivity index (χ4n) is 2.11. The molecule has 2 rings (SSSR count). The van der Waals surface area contributed by atoms with Gasteiger partial charge in [0, 0.05) is 5.70 Å². The fourth-order valence-corrected chi connectivity index (χ4v) is 2.81. The quantitative estimate of drug-likeness (QED) is 0.586. The molecule has 1 aromatic heterocycles. The second kappa shape index (κ2) is 4.46. The van der Waals surface area contributed by atoms with Crippen molar-refractivity contribution in [2.75, 3.05) is 10.6 Å².